The van der Waals surface area contributed by atoms with E-state index in [9.17, 15) is 10.1 Å². The van der Waals surface area contributed by atoms with Crippen molar-refractivity contribution < 1.29 is 4.92 Å². The number of anilines is 1. The second kappa shape index (κ2) is 6.07. The van der Waals surface area contributed by atoms with Crippen molar-refractivity contribution in [3.63, 3.8) is 0 Å². The molecular weight excluding hydrogens is 282 g/mol. The van der Waals surface area contributed by atoms with Crippen molar-refractivity contribution in [2.24, 2.45) is 5.10 Å². The maximum atomic E-state index is 10.5. The van der Waals surface area contributed by atoms with Gasteiger partial charge in [0, 0.05) is 18.2 Å². The number of hydrazone groups is 1. The van der Waals surface area contributed by atoms with E-state index in [1.807, 2.05) is 0 Å². The number of aryl methyl sites for hydroxylation is 1. The third-order valence-electron chi connectivity index (χ3n) is 2.30. The van der Waals surface area contributed by atoms with Gasteiger partial charge in [-0.2, -0.15) is 5.10 Å². The molecule has 0 atom stereocenters. The number of non-ortho nitro benzene ring substituents is 1. The van der Waals surface area contributed by atoms with Gasteiger partial charge in [-0.3, -0.25) is 15.5 Å². The van der Waals surface area contributed by atoms with Crippen molar-refractivity contribution in [2.75, 3.05) is 5.43 Å². The van der Waals surface area contributed by atoms with E-state index in [4.69, 9.17) is 11.6 Å². The van der Waals surface area contributed by atoms with Crippen LogP contribution >= 0.6 is 11.6 Å². The number of halogens is 1. The minimum atomic E-state index is -0.454. The zero-order valence-electron chi connectivity index (χ0n) is 10.4. The predicted octanol–water partition coefficient (Wildman–Crippen LogP) is 2.79. The lowest BCUT2D eigenvalue weighted by molar-refractivity contribution is -0.384. The van der Waals surface area contributed by atoms with Gasteiger partial charge >= 0.3 is 0 Å². The predicted molar refractivity (Wildman–Crippen MR) is 76.1 cm³/mol. The molecule has 0 amide bonds. The number of nitro benzene ring substituents is 1. The fourth-order valence-electron chi connectivity index (χ4n) is 1.44. The van der Waals surface area contributed by atoms with Crippen LogP contribution in [0.1, 0.15) is 11.4 Å². The molecule has 0 saturated carbocycles. The first-order valence-electron chi connectivity index (χ1n) is 5.59. The third kappa shape index (κ3) is 3.72. The molecule has 1 N–H and O–H groups in total. The largest absolute Gasteiger partial charge is 0.269 e. The van der Waals surface area contributed by atoms with Crippen molar-refractivity contribution in [1.29, 1.82) is 0 Å². The molecule has 0 aliphatic heterocycles. The van der Waals surface area contributed by atoms with Gasteiger partial charge < -0.3 is 0 Å². The van der Waals surface area contributed by atoms with E-state index in [0.29, 0.717) is 16.8 Å². The van der Waals surface area contributed by atoms with E-state index < -0.39 is 4.92 Å². The highest BCUT2D eigenvalue weighted by atomic mass is 35.5. The molecule has 1 aromatic carbocycles. The van der Waals surface area contributed by atoms with E-state index in [0.717, 1.165) is 5.56 Å². The highest BCUT2D eigenvalue weighted by Crippen LogP contribution is 2.12. The second-order valence-electron chi connectivity index (χ2n) is 3.84. The molecule has 0 radical (unpaired) electrons. The van der Waals surface area contributed by atoms with Gasteiger partial charge in [-0.15, -0.1) is 0 Å². The summed E-state index contributed by atoms with van der Waals surface area (Å²) in [6.45, 7) is 1.72. The molecule has 7 nitrogen and oxygen atoms in total. The number of rotatable bonds is 4. The maximum Gasteiger partial charge on any atom is 0.269 e. The lowest BCUT2D eigenvalue weighted by Gasteiger charge is -2.00. The Hall–Kier alpha value is -2.54. The van der Waals surface area contributed by atoms with Crippen LogP contribution in [0.3, 0.4) is 0 Å². The first-order valence-corrected chi connectivity index (χ1v) is 5.97. The summed E-state index contributed by atoms with van der Waals surface area (Å²) in [4.78, 5) is 18.1. The Morgan fingerprint density at radius 1 is 1.35 bits per heavy atom. The summed E-state index contributed by atoms with van der Waals surface area (Å²) in [6, 6.07) is 7.56. The monoisotopic (exact) mass is 291 g/mol. The quantitative estimate of drug-likeness (QED) is 0.404. The zero-order chi connectivity index (χ0) is 14.5. The molecule has 0 spiro atoms. The van der Waals surface area contributed by atoms with Crippen LogP contribution in [-0.4, -0.2) is 21.1 Å². The van der Waals surface area contributed by atoms with E-state index in [1.165, 1.54) is 18.3 Å². The van der Waals surface area contributed by atoms with Gasteiger partial charge in [-0.05, 0) is 24.6 Å². The lowest BCUT2D eigenvalue weighted by atomic mass is 10.2. The van der Waals surface area contributed by atoms with Crippen LogP contribution in [0.25, 0.3) is 0 Å². The van der Waals surface area contributed by atoms with Gasteiger partial charge in [0.2, 0.25) is 0 Å². The molecular formula is C12H10ClN5O2. The average Bonchev–Trinajstić information content (AvgIpc) is 2.38. The molecule has 2 aromatic rings. The molecule has 2 rings (SSSR count). The van der Waals surface area contributed by atoms with Crippen LogP contribution in [0.2, 0.25) is 5.15 Å². The topological polar surface area (TPSA) is 93.3 Å². The molecule has 0 unspecified atom stereocenters. The highest BCUT2D eigenvalue weighted by Gasteiger charge is 2.02. The van der Waals surface area contributed by atoms with E-state index >= 15 is 0 Å². The summed E-state index contributed by atoms with van der Waals surface area (Å²) < 4.78 is 0. The summed E-state index contributed by atoms with van der Waals surface area (Å²) in [5, 5.41) is 14.8. The minimum absolute atomic E-state index is 0.0355. The Morgan fingerprint density at radius 2 is 2.05 bits per heavy atom. The maximum absolute atomic E-state index is 10.5. The SMILES string of the molecule is Cc1nc(Cl)cc(NN=Cc2ccc([N+](=O)[O-])cc2)n1. The van der Waals surface area contributed by atoms with Crippen LogP contribution in [-0.2, 0) is 0 Å². The standard InChI is InChI=1S/C12H10ClN5O2/c1-8-15-11(13)6-12(16-8)17-14-7-9-2-4-10(5-3-9)18(19)20/h2-7H,1H3,(H,15,16,17). The Bertz CT molecular complexity index is 637. The number of nitrogens with one attached hydrogen (secondary N) is 1. The van der Waals surface area contributed by atoms with Gasteiger partial charge in [0.1, 0.15) is 11.0 Å². The van der Waals surface area contributed by atoms with Crippen LogP contribution in [0.5, 0.6) is 0 Å². The van der Waals surface area contributed by atoms with E-state index in [2.05, 4.69) is 20.5 Å². The zero-order valence-corrected chi connectivity index (χ0v) is 11.2. The molecule has 0 saturated heterocycles. The van der Waals surface area contributed by atoms with Crippen LogP contribution in [0, 0.1) is 17.0 Å². The number of hydrogen-bond donors (Lipinski definition) is 1. The van der Waals surface area contributed by atoms with E-state index in [-0.39, 0.29) is 5.69 Å². The van der Waals surface area contributed by atoms with Crippen molar-refractivity contribution in [3.8, 4) is 0 Å². The normalized spacial score (nSPS) is 10.7. The first-order chi connectivity index (χ1) is 9.54. The molecule has 20 heavy (non-hydrogen) atoms. The van der Waals surface area contributed by atoms with Gasteiger partial charge in [-0.25, -0.2) is 9.97 Å². The van der Waals surface area contributed by atoms with Crippen LogP contribution in [0.4, 0.5) is 11.5 Å². The van der Waals surface area contributed by atoms with Crippen molar-refractivity contribution in [2.45, 2.75) is 6.92 Å². The molecule has 102 valence electrons. The second-order valence-corrected chi connectivity index (χ2v) is 4.23. The highest BCUT2D eigenvalue weighted by molar-refractivity contribution is 6.29. The van der Waals surface area contributed by atoms with Gasteiger partial charge in [0.05, 0.1) is 11.1 Å². The number of hydrogen-bond acceptors (Lipinski definition) is 6. The fourth-order valence-corrected chi connectivity index (χ4v) is 1.67. The van der Waals surface area contributed by atoms with Crippen molar-refractivity contribution >= 4 is 29.3 Å². The Labute approximate surface area is 119 Å². The van der Waals surface area contributed by atoms with Crippen LogP contribution < -0.4 is 5.43 Å². The van der Waals surface area contributed by atoms with Gasteiger partial charge in [-0.1, -0.05) is 11.6 Å². The fraction of sp³-hybridized carbons (Fsp3) is 0.0833. The first kappa shape index (κ1) is 13.9. The summed E-state index contributed by atoms with van der Waals surface area (Å²) >= 11 is 5.79. The van der Waals surface area contributed by atoms with Crippen molar-refractivity contribution in [3.05, 3.63) is 57.0 Å². The molecule has 8 heteroatoms. The number of nitro groups is 1. The molecule has 0 aliphatic rings. The minimum Gasteiger partial charge on any atom is -0.261 e. The van der Waals surface area contributed by atoms with Crippen LogP contribution in [0.15, 0.2) is 35.4 Å². The molecule has 0 fully saturated rings. The Balaban J connectivity index is 2.04. The molecule has 1 heterocycles. The summed E-state index contributed by atoms with van der Waals surface area (Å²) in [6.07, 6.45) is 1.52. The smallest absolute Gasteiger partial charge is 0.261 e. The van der Waals surface area contributed by atoms with Crippen molar-refractivity contribution in [1.82, 2.24) is 9.97 Å². The lowest BCUT2D eigenvalue weighted by Crippen LogP contribution is -1.97. The summed E-state index contributed by atoms with van der Waals surface area (Å²) in [7, 11) is 0. The number of aromatic nitrogens is 2. The number of nitrogens with zero attached hydrogens (tertiary/aromatic N) is 4. The van der Waals surface area contributed by atoms with E-state index in [1.54, 1.807) is 25.1 Å². The number of benzene rings is 1. The Kier molecular flexibility index (Phi) is 4.21. The summed E-state index contributed by atoms with van der Waals surface area (Å²) in [5.41, 5.74) is 3.47. The Morgan fingerprint density at radius 3 is 2.65 bits per heavy atom. The van der Waals surface area contributed by atoms with Gasteiger partial charge in [0.15, 0.2) is 5.82 Å². The molecule has 0 bridgehead atoms. The third-order valence-corrected chi connectivity index (χ3v) is 2.50. The average molecular weight is 292 g/mol. The van der Waals surface area contributed by atoms with Gasteiger partial charge in [0.25, 0.3) is 5.69 Å². The summed E-state index contributed by atoms with van der Waals surface area (Å²) in [5.74, 6) is 1.01. The molecule has 0 aliphatic carbocycles. The molecule has 1 aromatic heterocycles.